The van der Waals surface area contributed by atoms with Crippen LogP contribution in [0.2, 0.25) is 6.04 Å². The Balaban J connectivity index is 1.98. The predicted molar refractivity (Wildman–Crippen MR) is 150 cm³/mol. The summed E-state index contributed by atoms with van der Waals surface area (Å²) in [5.41, 5.74) is 2.05. The van der Waals surface area contributed by atoms with Crippen molar-refractivity contribution in [2.24, 2.45) is 0 Å². The maximum Gasteiger partial charge on any atom is 0.500 e. The molecule has 10 heteroatoms. The van der Waals surface area contributed by atoms with Crippen molar-refractivity contribution in [1.29, 1.82) is 0 Å². The number of para-hydroxylation sites is 1. The van der Waals surface area contributed by atoms with Gasteiger partial charge in [0, 0.05) is 56.7 Å². The van der Waals surface area contributed by atoms with Gasteiger partial charge in [0.2, 0.25) is 0 Å². The Morgan fingerprint density at radius 1 is 0.868 bits per heavy atom. The third-order valence-corrected chi connectivity index (χ3v) is 8.91. The highest BCUT2D eigenvalue weighted by Crippen LogP contribution is 2.25. The smallest absolute Gasteiger partial charge is 0.445 e. The minimum Gasteiger partial charge on any atom is -0.445 e. The molecular weight excluding hydrogens is 504 g/mol. The molecule has 0 saturated heterocycles. The van der Waals surface area contributed by atoms with Crippen molar-refractivity contribution in [3.63, 3.8) is 0 Å². The number of benzene rings is 2. The quantitative estimate of drug-likeness (QED) is 0.122. The van der Waals surface area contributed by atoms with Gasteiger partial charge in [0.05, 0.1) is 5.56 Å². The highest BCUT2D eigenvalue weighted by molar-refractivity contribution is 6.60. The third-order valence-electron chi connectivity index (χ3n) is 5.76. The number of nitrogens with zero attached hydrogens (tertiary/aromatic N) is 1. The summed E-state index contributed by atoms with van der Waals surface area (Å²) in [6.07, 6.45) is 0.129. The van der Waals surface area contributed by atoms with Gasteiger partial charge in [-0.1, -0.05) is 24.3 Å². The van der Waals surface area contributed by atoms with E-state index >= 15 is 0 Å². The van der Waals surface area contributed by atoms with Crippen LogP contribution in [0.3, 0.4) is 0 Å². The average Bonchev–Trinajstić information content (AvgIpc) is 2.92. The van der Waals surface area contributed by atoms with Gasteiger partial charge < -0.3 is 33.0 Å². The molecule has 0 aromatic heterocycles. The number of anilines is 1. The summed E-state index contributed by atoms with van der Waals surface area (Å²) in [4.78, 5) is 27.2. The molecule has 2 aromatic rings. The standard InChI is InChI=1S/C28H42N2O7Si/c1-6-30(7-2)26-21-23(27(31)37-25-15-12-11-13-16-25)17-18-24(26)22-33-28(32)29-19-14-20-38(34-8-3,35-9-4)36-10-5/h11-13,15-18,21H,6-10,14,19-20,22H2,1-5H3,(H,29,32). The number of hydrogen-bond donors (Lipinski definition) is 1. The molecule has 0 bridgehead atoms. The van der Waals surface area contributed by atoms with E-state index in [-0.39, 0.29) is 6.61 Å². The minimum atomic E-state index is -2.74. The molecule has 0 radical (unpaired) electrons. The highest BCUT2D eigenvalue weighted by Gasteiger charge is 2.39. The number of hydrogen-bond acceptors (Lipinski definition) is 8. The lowest BCUT2D eigenvalue weighted by Crippen LogP contribution is -2.46. The van der Waals surface area contributed by atoms with Crippen molar-refractivity contribution in [2.75, 3.05) is 44.4 Å². The largest absolute Gasteiger partial charge is 0.500 e. The summed E-state index contributed by atoms with van der Waals surface area (Å²) < 4.78 is 28.5. The molecule has 1 N–H and O–H groups in total. The predicted octanol–water partition coefficient (Wildman–Crippen LogP) is 5.42. The fourth-order valence-corrected chi connectivity index (χ4v) is 6.63. The van der Waals surface area contributed by atoms with Gasteiger partial charge in [-0.15, -0.1) is 0 Å². The zero-order valence-electron chi connectivity index (χ0n) is 23.3. The fourth-order valence-electron chi connectivity index (χ4n) is 4.02. The van der Waals surface area contributed by atoms with Crippen molar-refractivity contribution in [3.05, 3.63) is 59.7 Å². The molecule has 0 atom stereocenters. The van der Waals surface area contributed by atoms with Crippen LogP contribution in [0.15, 0.2) is 48.5 Å². The Morgan fingerprint density at radius 3 is 2.08 bits per heavy atom. The van der Waals surface area contributed by atoms with Gasteiger partial charge in [0.1, 0.15) is 12.4 Å². The van der Waals surface area contributed by atoms with E-state index in [0.29, 0.717) is 50.1 Å². The normalized spacial score (nSPS) is 11.2. The summed E-state index contributed by atoms with van der Waals surface area (Å²) in [5.74, 6) is 0.0373. The summed E-state index contributed by atoms with van der Waals surface area (Å²) in [6, 6.07) is 14.8. The van der Waals surface area contributed by atoms with Gasteiger partial charge in [-0.3, -0.25) is 0 Å². The van der Waals surface area contributed by atoms with E-state index in [1.807, 2.05) is 52.8 Å². The van der Waals surface area contributed by atoms with E-state index in [0.717, 1.165) is 24.3 Å². The van der Waals surface area contributed by atoms with Crippen LogP contribution in [-0.2, 0) is 24.6 Å². The van der Waals surface area contributed by atoms with Crippen molar-refractivity contribution in [1.82, 2.24) is 5.32 Å². The summed E-state index contributed by atoms with van der Waals surface area (Å²) >= 11 is 0. The lowest BCUT2D eigenvalue weighted by molar-refractivity contribution is 0.0704. The zero-order valence-corrected chi connectivity index (χ0v) is 24.3. The van der Waals surface area contributed by atoms with Crippen LogP contribution < -0.4 is 15.0 Å². The van der Waals surface area contributed by atoms with E-state index in [1.54, 1.807) is 30.3 Å². The number of ether oxygens (including phenoxy) is 2. The molecule has 0 saturated carbocycles. The van der Waals surface area contributed by atoms with E-state index in [2.05, 4.69) is 10.2 Å². The molecule has 210 valence electrons. The Hall–Kier alpha value is -2.92. The second-order valence-electron chi connectivity index (χ2n) is 8.31. The van der Waals surface area contributed by atoms with Gasteiger partial charge in [-0.05, 0) is 65.3 Å². The molecule has 2 aromatic carbocycles. The van der Waals surface area contributed by atoms with Crippen LogP contribution in [0, 0.1) is 0 Å². The molecule has 0 fully saturated rings. The van der Waals surface area contributed by atoms with Crippen LogP contribution in [-0.4, -0.2) is 60.3 Å². The Morgan fingerprint density at radius 2 is 1.50 bits per heavy atom. The molecule has 9 nitrogen and oxygen atoms in total. The molecule has 0 unspecified atom stereocenters. The first kappa shape index (κ1) is 31.3. The van der Waals surface area contributed by atoms with E-state index in [1.165, 1.54) is 0 Å². The number of carbonyl (C=O) groups excluding carboxylic acids is 2. The fraction of sp³-hybridized carbons (Fsp3) is 0.500. The van der Waals surface area contributed by atoms with Crippen LogP contribution in [0.4, 0.5) is 10.5 Å². The molecule has 0 spiro atoms. The summed E-state index contributed by atoms with van der Waals surface area (Å²) in [6.45, 7) is 13.3. The number of rotatable bonds is 17. The molecule has 1 amide bonds. The van der Waals surface area contributed by atoms with Crippen molar-refractivity contribution >= 4 is 26.6 Å². The van der Waals surface area contributed by atoms with Gasteiger partial charge in [-0.25, -0.2) is 9.59 Å². The molecule has 0 heterocycles. The van der Waals surface area contributed by atoms with Crippen molar-refractivity contribution in [2.45, 2.75) is 53.7 Å². The first-order valence-corrected chi connectivity index (χ1v) is 15.3. The summed E-state index contributed by atoms with van der Waals surface area (Å²) in [5, 5.41) is 2.79. The Bertz CT molecular complexity index is 969. The van der Waals surface area contributed by atoms with Crippen LogP contribution in [0.1, 0.15) is 57.0 Å². The molecule has 0 aliphatic carbocycles. The van der Waals surface area contributed by atoms with E-state index in [4.69, 9.17) is 22.8 Å². The number of amides is 1. The summed E-state index contributed by atoms with van der Waals surface area (Å²) in [7, 11) is -2.74. The number of alkyl carbamates (subject to hydrolysis) is 1. The van der Waals surface area contributed by atoms with E-state index < -0.39 is 20.9 Å². The monoisotopic (exact) mass is 546 g/mol. The number of carbonyl (C=O) groups is 2. The zero-order chi connectivity index (χ0) is 27.8. The molecule has 38 heavy (non-hydrogen) atoms. The van der Waals surface area contributed by atoms with Gasteiger partial charge in [0.25, 0.3) is 0 Å². The Labute approximate surface area is 227 Å². The number of nitrogens with one attached hydrogen (secondary N) is 1. The molecule has 0 aliphatic rings. The van der Waals surface area contributed by atoms with Crippen molar-refractivity contribution < 1.29 is 32.3 Å². The second kappa shape index (κ2) is 16.8. The maximum absolute atomic E-state index is 12.7. The average molecular weight is 547 g/mol. The molecule has 2 rings (SSSR count). The SMILES string of the molecule is CCO[Si](CCCNC(=O)OCc1ccc(C(=O)Oc2ccccc2)cc1N(CC)CC)(OCC)OCC. The first-order valence-electron chi connectivity index (χ1n) is 13.4. The first-order chi connectivity index (χ1) is 18.4. The van der Waals surface area contributed by atoms with Crippen LogP contribution in [0.25, 0.3) is 0 Å². The molecular formula is C28H42N2O7Si. The van der Waals surface area contributed by atoms with Gasteiger partial charge in [0.15, 0.2) is 0 Å². The minimum absolute atomic E-state index is 0.0706. The highest BCUT2D eigenvalue weighted by atomic mass is 28.4. The lowest BCUT2D eigenvalue weighted by atomic mass is 10.1. The molecule has 0 aliphatic heterocycles. The van der Waals surface area contributed by atoms with Crippen molar-refractivity contribution in [3.8, 4) is 5.75 Å². The Kier molecular flexibility index (Phi) is 13.9. The number of esters is 1. The van der Waals surface area contributed by atoms with Crippen LogP contribution >= 0.6 is 0 Å². The van der Waals surface area contributed by atoms with Crippen LogP contribution in [0.5, 0.6) is 5.75 Å². The van der Waals surface area contributed by atoms with Gasteiger partial charge >= 0.3 is 20.9 Å². The lowest BCUT2D eigenvalue weighted by Gasteiger charge is -2.28. The van der Waals surface area contributed by atoms with Gasteiger partial charge in [-0.2, -0.15) is 0 Å². The second-order valence-corrected chi connectivity index (χ2v) is 11.0. The van der Waals surface area contributed by atoms with E-state index in [9.17, 15) is 9.59 Å². The topological polar surface area (TPSA) is 95.6 Å². The maximum atomic E-state index is 12.7. The third kappa shape index (κ3) is 9.75.